The second-order valence-electron chi connectivity index (χ2n) is 7.46. The number of carbonyl (C=O) groups excluding carboxylic acids is 1. The normalized spacial score (nSPS) is 12.3. The summed E-state index contributed by atoms with van der Waals surface area (Å²) in [5.74, 6) is -0.396. The summed E-state index contributed by atoms with van der Waals surface area (Å²) in [5.41, 5.74) is 3.54. The number of carbonyl (C=O) groups is 1. The molecule has 3 rings (SSSR count). The molecule has 6 nitrogen and oxygen atoms in total. The number of hydrogen-bond donors (Lipinski definition) is 2. The predicted molar refractivity (Wildman–Crippen MR) is 132 cm³/mol. The Labute approximate surface area is 194 Å². The number of aryl methyl sites for hydroxylation is 1. The van der Waals surface area contributed by atoms with E-state index in [1.165, 1.54) is 6.07 Å². The first kappa shape index (κ1) is 24.0. The SMILES string of the molecule is CCN(CC)c1ccc(NC(=O)[C@H](Cc2ccccc2)NS(=O)(=O)c2cccs2)c(C)c1. The Morgan fingerprint density at radius 1 is 1.03 bits per heavy atom. The molecule has 0 saturated heterocycles. The molecule has 0 unspecified atom stereocenters. The van der Waals surface area contributed by atoms with E-state index in [1.54, 1.807) is 11.4 Å². The van der Waals surface area contributed by atoms with Crippen molar-refractivity contribution in [2.75, 3.05) is 23.3 Å². The first-order chi connectivity index (χ1) is 15.3. The Kier molecular flexibility index (Phi) is 8.06. The van der Waals surface area contributed by atoms with Crippen LogP contribution in [0.25, 0.3) is 0 Å². The van der Waals surface area contributed by atoms with Gasteiger partial charge in [-0.3, -0.25) is 4.79 Å². The van der Waals surface area contributed by atoms with E-state index >= 15 is 0 Å². The van der Waals surface area contributed by atoms with E-state index in [0.717, 1.165) is 41.2 Å². The Morgan fingerprint density at radius 2 is 1.75 bits per heavy atom. The minimum atomic E-state index is -3.81. The van der Waals surface area contributed by atoms with Crippen LogP contribution in [-0.2, 0) is 21.2 Å². The summed E-state index contributed by atoms with van der Waals surface area (Å²) < 4.78 is 28.4. The molecular formula is C24H29N3O3S2. The quantitative estimate of drug-likeness (QED) is 0.458. The van der Waals surface area contributed by atoms with E-state index in [4.69, 9.17) is 0 Å². The maximum atomic E-state index is 13.2. The lowest BCUT2D eigenvalue weighted by Crippen LogP contribution is -2.45. The van der Waals surface area contributed by atoms with Crippen molar-refractivity contribution < 1.29 is 13.2 Å². The maximum absolute atomic E-state index is 13.2. The van der Waals surface area contributed by atoms with Gasteiger partial charge in [-0.1, -0.05) is 36.4 Å². The van der Waals surface area contributed by atoms with Gasteiger partial charge in [0.1, 0.15) is 10.3 Å². The number of nitrogens with zero attached hydrogens (tertiary/aromatic N) is 1. The summed E-state index contributed by atoms with van der Waals surface area (Å²) in [6.07, 6.45) is 0.244. The van der Waals surface area contributed by atoms with Crippen LogP contribution in [0.2, 0.25) is 0 Å². The number of amides is 1. The smallest absolute Gasteiger partial charge is 0.250 e. The molecule has 2 N–H and O–H groups in total. The Morgan fingerprint density at radius 3 is 2.34 bits per heavy atom. The first-order valence-corrected chi connectivity index (χ1v) is 13.0. The third-order valence-electron chi connectivity index (χ3n) is 5.25. The molecular weight excluding hydrogens is 442 g/mol. The largest absolute Gasteiger partial charge is 0.372 e. The van der Waals surface area contributed by atoms with Crippen LogP contribution < -0.4 is 14.9 Å². The number of thiophene rings is 1. The van der Waals surface area contributed by atoms with E-state index < -0.39 is 22.0 Å². The van der Waals surface area contributed by atoms with Gasteiger partial charge in [0.05, 0.1) is 0 Å². The lowest BCUT2D eigenvalue weighted by Gasteiger charge is -2.23. The fraction of sp³-hybridized carbons (Fsp3) is 0.292. The molecule has 0 spiro atoms. The van der Waals surface area contributed by atoms with Gasteiger partial charge in [-0.25, -0.2) is 8.42 Å². The van der Waals surface area contributed by atoms with E-state index in [0.29, 0.717) is 5.69 Å². The molecule has 1 aromatic heterocycles. The number of sulfonamides is 1. The topological polar surface area (TPSA) is 78.5 Å². The molecule has 1 heterocycles. The Balaban J connectivity index is 1.83. The summed E-state index contributed by atoms with van der Waals surface area (Å²) in [5, 5.41) is 4.62. The van der Waals surface area contributed by atoms with Crippen molar-refractivity contribution in [3.8, 4) is 0 Å². The van der Waals surface area contributed by atoms with Gasteiger partial charge < -0.3 is 10.2 Å². The Hall–Kier alpha value is -2.68. The van der Waals surface area contributed by atoms with E-state index in [1.807, 2.05) is 55.5 Å². The standard InChI is InChI=1S/C24H29N3O3S2/c1-4-27(5-2)20-13-14-21(18(3)16-20)25-24(28)22(17-19-10-7-6-8-11-19)26-32(29,30)23-12-9-15-31-23/h6-16,22,26H,4-5,17H2,1-3H3,(H,25,28)/t22-/m0/s1. The highest BCUT2D eigenvalue weighted by atomic mass is 32.2. The molecule has 1 atom stereocenters. The molecule has 0 aliphatic heterocycles. The molecule has 170 valence electrons. The van der Waals surface area contributed by atoms with E-state index in [2.05, 4.69) is 28.8 Å². The van der Waals surface area contributed by atoms with Crippen LogP contribution in [0.15, 0.2) is 70.3 Å². The molecule has 8 heteroatoms. The number of anilines is 2. The van der Waals surface area contributed by atoms with Gasteiger partial charge in [0.15, 0.2) is 0 Å². The minimum Gasteiger partial charge on any atom is -0.372 e. The van der Waals surface area contributed by atoms with Gasteiger partial charge >= 0.3 is 0 Å². The van der Waals surface area contributed by atoms with Crippen molar-refractivity contribution >= 4 is 38.6 Å². The molecule has 0 fully saturated rings. The summed E-state index contributed by atoms with van der Waals surface area (Å²) in [7, 11) is -3.81. The molecule has 0 radical (unpaired) electrons. The number of rotatable bonds is 10. The molecule has 2 aromatic carbocycles. The molecule has 3 aromatic rings. The molecule has 0 aliphatic carbocycles. The van der Waals surface area contributed by atoms with Gasteiger partial charge in [0.25, 0.3) is 10.0 Å². The van der Waals surface area contributed by atoms with E-state index in [9.17, 15) is 13.2 Å². The van der Waals surface area contributed by atoms with Crippen molar-refractivity contribution in [3.05, 3.63) is 77.2 Å². The van der Waals surface area contributed by atoms with Crippen LogP contribution in [0.4, 0.5) is 11.4 Å². The molecule has 32 heavy (non-hydrogen) atoms. The molecule has 1 amide bonds. The fourth-order valence-electron chi connectivity index (χ4n) is 3.49. The summed E-state index contributed by atoms with van der Waals surface area (Å²) in [6.45, 7) is 7.92. The van der Waals surface area contributed by atoms with Gasteiger partial charge in [-0.2, -0.15) is 4.72 Å². The average molecular weight is 472 g/mol. The Bertz CT molecular complexity index is 1130. The maximum Gasteiger partial charge on any atom is 0.250 e. The van der Waals surface area contributed by atoms with Crippen molar-refractivity contribution in [2.45, 2.75) is 37.4 Å². The lowest BCUT2D eigenvalue weighted by molar-refractivity contribution is -0.117. The van der Waals surface area contributed by atoms with Crippen LogP contribution in [0.5, 0.6) is 0 Å². The molecule has 0 saturated carbocycles. The van der Waals surface area contributed by atoms with Crippen molar-refractivity contribution in [3.63, 3.8) is 0 Å². The monoisotopic (exact) mass is 471 g/mol. The van der Waals surface area contributed by atoms with Gasteiger partial charge in [-0.05, 0) is 68.0 Å². The van der Waals surface area contributed by atoms with Crippen LogP contribution in [-0.4, -0.2) is 33.5 Å². The van der Waals surface area contributed by atoms with E-state index in [-0.39, 0.29) is 10.6 Å². The summed E-state index contributed by atoms with van der Waals surface area (Å²) in [6, 6.07) is 17.5. The summed E-state index contributed by atoms with van der Waals surface area (Å²) >= 11 is 1.12. The third-order valence-corrected chi connectivity index (χ3v) is 8.12. The van der Waals surface area contributed by atoms with Crippen LogP contribution >= 0.6 is 11.3 Å². The summed E-state index contributed by atoms with van der Waals surface area (Å²) in [4.78, 5) is 15.4. The van der Waals surface area contributed by atoms with Crippen LogP contribution in [0.1, 0.15) is 25.0 Å². The highest BCUT2D eigenvalue weighted by molar-refractivity contribution is 7.91. The first-order valence-electron chi connectivity index (χ1n) is 10.6. The number of benzene rings is 2. The van der Waals surface area contributed by atoms with Crippen LogP contribution in [0, 0.1) is 6.92 Å². The second-order valence-corrected chi connectivity index (χ2v) is 10.3. The third kappa shape index (κ3) is 5.97. The zero-order valence-electron chi connectivity index (χ0n) is 18.5. The zero-order valence-corrected chi connectivity index (χ0v) is 20.2. The van der Waals surface area contributed by atoms with Gasteiger partial charge in [0, 0.05) is 24.5 Å². The van der Waals surface area contributed by atoms with Crippen LogP contribution in [0.3, 0.4) is 0 Å². The predicted octanol–water partition coefficient (Wildman–Crippen LogP) is 4.43. The van der Waals surface area contributed by atoms with Crippen molar-refractivity contribution in [1.82, 2.24) is 4.72 Å². The van der Waals surface area contributed by atoms with Gasteiger partial charge in [0.2, 0.25) is 5.91 Å². The van der Waals surface area contributed by atoms with Gasteiger partial charge in [-0.15, -0.1) is 11.3 Å². The molecule has 0 aliphatic rings. The second kappa shape index (κ2) is 10.8. The fourth-order valence-corrected chi connectivity index (χ4v) is 5.70. The van der Waals surface area contributed by atoms with Crippen molar-refractivity contribution in [2.24, 2.45) is 0 Å². The van der Waals surface area contributed by atoms with Crippen molar-refractivity contribution in [1.29, 1.82) is 0 Å². The lowest BCUT2D eigenvalue weighted by atomic mass is 10.1. The zero-order chi connectivity index (χ0) is 23.1. The number of nitrogens with one attached hydrogen (secondary N) is 2. The minimum absolute atomic E-state index is 0.183. The molecule has 0 bridgehead atoms. The highest BCUT2D eigenvalue weighted by Crippen LogP contribution is 2.23. The number of hydrogen-bond acceptors (Lipinski definition) is 5. The average Bonchev–Trinajstić information content (AvgIpc) is 3.33. The highest BCUT2D eigenvalue weighted by Gasteiger charge is 2.27.